The lowest BCUT2D eigenvalue weighted by Crippen LogP contribution is -2.22. The maximum atomic E-state index is 12.6. The summed E-state index contributed by atoms with van der Waals surface area (Å²) in [5.41, 5.74) is 3.08. The molecule has 1 amide bonds. The van der Waals surface area contributed by atoms with Gasteiger partial charge in [0.25, 0.3) is 0 Å². The van der Waals surface area contributed by atoms with E-state index in [-0.39, 0.29) is 11.2 Å². The number of benzene rings is 1. The lowest BCUT2D eigenvalue weighted by atomic mass is 10.1. The van der Waals surface area contributed by atoms with Crippen LogP contribution in [0.4, 0.5) is 5.13 Å². The Kier molecular flexibility index (Phi) is 6.31. The number of anilines is 1. The van der Waals surface area contributed by atoms with Crippen molar-refractivity contribution in [2.24, 2.45) is 0 Å². The van der Waals surface area contributed by atoms with E-state index in [0.29, 0.717) is 16.8 Å². The third-order valence-corrected chi connectivity index (χ3v) is 6.39. The molecule has 1 N–H and O–H groups in total. The minimum atomic E-state index is -0.345. The molecule has 146 valence electrons. The van der Waals surface area contributed by atoms with Crippen molar-refractivity contribution in [1.29, 1.82) is 0 Å². The molecule has 0 aliphatic rings. The Morgan fingerprint density at radius 2 is 2.07 bits per heavy atom. The Bertz CT molecular complexity index is 988. The number of thioether (sulfide) groups is 1. The zero-order valence-electron chi connectivity index (χ0n) is 16.4. The molecule has 2 heterocycles. The van der Waals surface area contributed by atoms with Crippen LogP contribution < -0.4 is 5.32 Å². The van der Waals surface area contributed by atoms with Gasteiger partial charge in [0.1, 0.15) is 0 Å². The van der Waals surface area contributed by atoms with Gasteiger partial charge in [0.2, 0.25) is 5.91 Å². The van der Waals surface area contributed by atoms with Crippen LogP contribution in [0.3, 0.4) is 0 Å². The summed E-state index contributed by atoms with van der Waals surface area (Å²) in [6.45, 7) is 12.2. The molecule has 0 bridgehead atoms. The molecular weight excluding hydrogens is 390 g/mol. The Balaban J connectivity index is 1.80. The van der Waals surface area contributed by atoms with Crippen LogP contribution in [0, 0.1) is 20.8 Å². The van der Waals surface area contributed by atoms with Crippen molar-refractivity contribution in [3.8, 4) is 11.4 Å². The molecule has 0 aliphatic carbocycles. The van der Waals surface area contributed by atoms with Crippen molar-refractivity contribution >= 4 is 34.1 Å². The van der Waals surface area contributed by atoms with Crippen molar-refractivity contribution in [2.75, 3.05) is 5.32 Å². The molecular formula is C20H23N5OS2. The number of thiazole rings is 1. The summed E-state index contributed by atoms with van der Waals surface area (Å²) in [5, 5.41) is 12.6. The number of carbonyl (C=O) groups excluding carboxylic acids is 1. The summed E-state index contributed by atoms with van der Waals surface area (Å²) < 4.78 is 1.99. The van der Waals surface area contributed by atoms with Gasteiger partial charge in [0.15, 0.2) is 16.1 Å². The monoisotopic (exact) mass is 413 g/mol. The molecule has 0 aliphatic heterocycles. The predicted molar refractivity (Wildman–Crippen MR) is 116 cm³/mol. The average Bonchev–Trinajstić information content (AvgIpc) is 3.19. The fourth-order valence-electron chi connectivity index (χ4n) is 2.64. The second-order valence-corrected chi connectivity index (χ2v) is 8.94. The maximum absolute atomic E-state index is 12.6. The standard InChI is InChI=1S/C20H23N5OS2/c1-6-11-25-17(16-10-8-7-9-12(16)2)23-24-20(25)28-15(5)18(26)22-19-21-13(3)14(4)27-19/h6-10,15H,1,11H2,2-5H3,(H,21,22,26)/t15-/m0/s1. The van der Waals surface area contributed by atoms with E-state index in [9.17, 15) is 4.79 Å². The molecule has 3 aromatic rings. The van der Waals surface area contributed by atoms with Crippen LogP contribution >= 0.6 is 23.1 Å². The maximum Gasteiger partial charge on any atom is 0.239 e. The van der Waals surface area contributed by atoms with Crippen molar-refractivity contribution in [3.05, 3.63) is 53.1 Å². The zero-order valence-corrected chi connectivity index (χ0v) is 18.0. The fourth-order valence-corrected chi connectivity index (χ4v) is 4.31. The minimum Gasteiger partial charge on any atom is -0.301 e. The number of aromatic nitrogens is 4. The fraction of sp³-hybridized carbons (Fsp3) is 0.300. The summed E-state index contributed by atoms with van der Waals surface area (Å²) in [5.74, 6) is 0.670. The van der Waals surface area contributed by atoms with E-state index >= 15 is 0 Å². The molecule has 0 saturated heterocycles. The number of allylic oxidation sites excluding steroid dienone is 1. The number of rotatable bonds is 7. The van der Waals surface area contributed by atoms with Crippen LogP contribution in [0.5, 0.6) is 0 Å². The molecule has 28 heavy (non-hydrogen) atoms. The van der Waals surface area contributed by atoms with Gasteiger partial charge in [-0.2, -0.15) is 0 Å². The van der Waals surface area contributed by atoms with Gasteiger partial charge in [-0.05, 0) is 33.3 Å². The number of carbonyl (C=O) groups is 1. The smallest absolute Gasteiger partial charge is 0.239 e. The van der Waals surface area contributed by atoms with Crippen LogP contribution in [-0.4, -0.2) is 30.9 Å². The first-order chi connectivity index (χ1) is 13.4. The first-order valence-corrected chi connectivity index (χ1v) is 10.6. The van der Waals surface area contributed by atoms with Crippen molar-refractivity contribution < 1.29 is 4.79 Å². The van der Waals surface area contributed by atoms with Crippen LogP contribution in [-0.2, 0) is 11.3 Å². The molecule has 0 fully saturated rings. The highest BCUT2D eigenvalue weighted by molar-refractivity contribution is 8.00. The lowest BCUT2D eigenvalue weighted by molar-refractivity contribution is -0.115. The van der Waals surface area contributed by atoms with Crippen LogP contribution in [0.1, 0.15) is 23.1 Å². The third-order valence-electron chi connectivity index (χ3n) is 4.32. The van der Waals surface area contributed by atoms with E-state index < -0.39 is 0 Å². The van der Waals surface area contributed by atoms with Gasteiger partial charge in [-0.25, -0.2) is 4.98 Å². The van der Waals surface area contributed by atoms with E-state index in [1.165, 1.54) is 23.1 Å². The number of aryl methyl sites for hydroxylation is 3. The molecule has 1 aromatic carbocycles. The largest absolute Gasteiger partial charge is 0.301 e. The van der Waals surface area contributed by atoms with Crippen LogP contribution in [0.2, 0.25) is 0 Å². The van der Waals surface area contributed by atoms with Gasteiger partial charge in [-0.1, -0.05) is 42.1 Å². The quantitative estimate of drug-likeness (QED) is 0.451. The molecule has 2 aromatic heterocycles. The highest BCUT2D eigenvalue weighted by atomic mass is 32.2. The van der Waals surface area contributed by atoms with Crippen LogP contribution in [0.15, 0.2) is 42.1 Å². The number of nitrogens with zero attached hydrogens (tertiary/aromatic N) is 4. The summed E-state index contributed by atoms with van der Waals surface area (Å²) in [4.78, 5) is 18.1. The Morgan fingerprint density at radius 1 is 1.32 bits per heavy atom. The molecule has 8 heteroatoms. The second-order valence-electron chi connectivity index (χ2n) is 6.43. The van der Waals surface area contributed by atoms with Crippen LogP contribution in [0.25, 0.3) is 11.4 Å². The Labute approximate surface area is 173 Å². The molecule has 1 atom stereocenters. The van der Waals surface area contributed by atoms with E-state index in [4.69, 9.17) is 0 Å². The van der Waals surface area contributed by atoms with Gasteiger partial charge in [-0.3, -0.25) is 9.36 Å². The van der Waals surface area contributed by atoms with E-state index in [1.807, 2.05) is 56.5 Å². The summed E-state index contributed by atoms with van der Waals surface area (Å²) in [6.07, 6.45) is 1.81. The van der Waals surface area contributed by atoms with Gasteiger partial charge >= 0.3 is 0 Å². The molecule has 0 saturated carbocycles. The normalized spacial score (nSPS) is 12.0. The summed E-state index contributed by atoms with van der Waals surface area (Å²) in [6, 6.07) is 8.05. The topological polar surface area (TPSA) is 72.7 Å². The van der Waals surface area contributed by atoms with Crippen molar-refractivity contribution in [1.82, 2.24) is 19.7 Å². The molecule has 0 unspecified atom stereocenters. The zero-order chi connectivity index (χ0) is 20.3. The molecule has 0 radical (unpaired) electrons. The second kappa shape index (κ2) is 8.70. The molecule has 0 spiro atoms. The highest BCUT2D eigenvalue weighted by Crippen LogP contribution is 2.29. The van der Waals surface area contributed by atoms with Crippen molar-refractivity contribution in [2.45, 2.75) is 44.6 Å². The number of hydrogen-bond acceptors (Lipinski definition) is 6. The predicted octanol–water partition coefficient (Wildman–Crippen LogP) is 4.63. The number of nitrogens with one attached hydrogen (secondary N) is 1. The number of amides is 1. The van der Waals surface area contributed by atoms with Gasteiger partial charge in [0.05, 0.1) is 10.9 Å². The van der Waals surface area contributed by atoms with E-state index in [1.54, 1.807) is 6.08 Å². The first-order valence-electron chi connectivity index (χ1n) is 8.92. The average molecular weight is 414 g/mol. The van der Waals surface area contributed by atoms with Crippen molar-refractivity contribution in [3.63, 3.8) is 0 Å². The molecule has 3 rings (SSSR count). The first kappa shape index (κ1) is 20.3. The third kappa shape index (κ3) is 4.34. The SMILES string of the molecule is C=CCn1c(S[C@@H](C)C(=O)Nc2nc(C)c(C)s2)nnc1-c1ccccc1C. The Morgan fingerprint density at radius 3 is 2.71 bits per heavy atom. The Hall–Kier alpha value is -2.45. The van der Waals surface area contributed by atoms with E-state index in [2.05, 4.69) is 27.1 Å². The van der Waals surface area contributed by atoms with Gasteiger partial charge < -0.3 is 5.32 Å². The highest BCUT2D eigenvalue weighted by Gasteiger charge is 2.22. The van der Waals surface area contributed by atoms with Gasteiger partial charge in [-0.15, -0.1) is 28.1 Å². The summed E-state index contributed by atoms with van der Waals surface area (Å²) >= 11 is 2.86. The molecule has 6 nitrogen and oxygen atoms in total. The summed E-state index contributed by atoms with van der Waals surface area (Å²) in [7, 11) is 0. The minimum absolute atomic E-state index is 0.107. The lowest BCUT2D eigenvalue weighted by Gasteiger charge is -2.12. The number of hydrogen-bond donors (Lipinski definition) is 1. The van der Waals surface area contributed by atoms with Gasteiger partial charge in [0, 0.05) is 17.0 Å². The van der Waals surface area contributed by atoms with E-state index in [0.717, 1.165) is 27.5 Å².